The highest BCUT2D eigenvalue weighted by Crippen LogP contribution is 2.29. The lowest BCUT2D eigenvalue weighted by molar-refractivity contribution is -0.134. The van der Waals surface area contributed by atoms with Crippen LogP contribution in [0.4, 0.5) is 0 Å². The zero-order valence-corrected chi connectivity index (χ0v) is 27.5. The molecule has 0 aliphatic carbocycles. The highest BCUT2D eigenvalue weighted by Gasteiger charge is 2.50. The van der Waals surface area contributed by atoms with E-state index in [-0.39, 0.29) is 37.7 Å². The third-order valence-corrected chi connectivity index (χ3v) is 8.17. The number of Topliss-reactive ketones (excluding diaryl/α,β-unsaturated/α-hetero) is 1. The maximum absolute atomic E-state index is 13.9. The minimum atomic E-state index is -1.02. The Morgan fingerprint density at radius 2 is 1.41 bits per heavy atom. The summed E-state index contributed by atoms with van der Waals surface area (Å²) in [7, 11) is 5.56. The van der Waals surface area contributed by atoms with Crippen LogP contribution in [-0.2, 0) is 48.0 Å². The molecular weight excluding hydrogens is 590 g/mol. The lowest BCUT2D eigenvalue weighted by Crippen LogP contribution is -2.57. The van der Waals surface area contributed by atoms with E-state index in [9.17, 15) is 19.2 Å². The smallest absolute Gasteiger partial charge is 0.243 e. The molecule has 4 atom stereocenters. The molecule has 4 rings (SSSR count). The number of nitrogens with zero attached hydrogens (tertiary/aromatic N) is 2. The molecule has 0 bridgehead atoms. The number of hydrogen-bond donors (Lipinski definition) is 3. The molecule has 2 heterocycles. The normalized spacial score (nSPS) is 19.9. The molecular formula is C34H47N5O7. The van der Waals surface area contributed by atoms with E-state index in [1.807, 2.05) is 55.4 Å². The molecule has 46 heavy (non-hydrogen) atoms. The summed E-state index contributed by atoms with van der Waals surface area (Å²) in [5, 5.41) is 8.46. The summed E-state index contributed by atoms with van der Waals surface area (Å²) >= 11 is 0. The number of ketones is 1. The van der Waals surface area contributed by atoms with E-state index in [2.05, 4.69) is 20.9 Å². The number of carbonyl (C=O) groups is 4. The first-order valence-corrected chi connectivity index (χ1v) is 15.7. The van der Waals surface area contributed by atoms with Crippen LogP contribution >= 0.6 is 0 Å². The van der Waals surface area contributed by atoms with Gasteiger partial charge in [-0.15, -0.1) is 0 Å². The Labute approximate surface area is 271 Å². The molecule has 12 nitrogen and oxygen atoms in total. The van der Waals surface area contributed by atoms with Crippen LogP contribution in [-0.4, -0.2) is 118 Å². The Hall–Kier alpha value is -3.84. The molecule has 2 aromatic carbocycles. The minimum Gasteiger partial charge on any atom is -0.497 e. The van der Waals surface area contributed by atoms with Crippen LogP contribution in [0.1, 0.15) is 30.5 Å². The van der Waals surface area contributed by atoms with Crippen LogP contribution in [0, 0.1) is 0 Å². The highest BCUT2D eigenvalue weighted by molar-refractivity contribution is 5.98. The molecule has 0 saturated carbocycles. The maximum atomic E-state index is 13.9. The number of morpholine rings is 1. The first kappa shape index (κ1) is 35.0. The summed E-state index contributed by atoms with van der Waals surface area (Å²) in [6.07, 6.45) is 0.424. The molecule has 3 amide bonds. The quantitative estimate of drug-likeness (QED) is 0.227. The lowest BCUT2D eigenvalue weighted by atomic mass is 9.93. The van der Waals surface area contributed by atoms with Crippen LogP contribution in [0.25, 0.3) is 0 Å². The number of amides is 3. The van der Waals surface area contributed by atoms with Crippen LogP contribution in [0.5, 0.6) is 5.75 Å². The predicted molar refractivity (Wildman–Crippen MR) is 172 cm³/mol. The van der Waals surface area contributed by atoms with Crippen LogP contribution in [0.15, 0.2) is 48.5 Å². The van der Waals surface area contributed by atoms with Gasteiger partial charge >= 0.3 is 0 Å². The van der Waals surface area contributed by atoms with Gasteiger partial charge in [0.2, 0.25) is 17.7 Å². The Morgan fingerprint density at radius 3 is 1.98 bits per heavy atom. The molecule has 0 spiro atoms. The van der Waals surface area contributed by atoms with E-state index in [1.54, 1.807) is 33.1 Å². The van der Waals surface area contributed by atoms with Crippen molar-refractivity contribution in [2.75, 3.05) is 60.7 Å². The highest BCUT2D eigenvalue weighted by atomic mass is 16.6. The van der Waals surface area contributed by atoms with Crippen molar-refractivity contribution in [3.05, 3.63) is 65.2 Å². The number of ether oxygens (including phenoxy) is 3. The van der Waals surface area contributed by atoms with E-state index >= 15 is 0 Å². The SMILES string of the molecule is COc1ccc(CC(NC(=O)C(C)NC(=O)CN2CCOCC2)C(=O)NC(Cc2ccc(CN(C)C)cc2)C(=O)C2(C)CO2)cc1. The van der Waals surface area contributed by atoms with E-state index in [0.717, 1.165) is 23.2 Å². The van der Waals surface area contributed by atoms with Gasteiger partial charge in [0.1, 0.15) is 23.4 Å². The van der Waals surface area contributed by atoms with Gasteiger partial charge in [-0.25, -0.2) is 0 Å². The van der Waals surface area contributed by atoms with Crippen molar-refractivity contribution in [3.8, 4) is 5.75 Å². The van der Waals surface area contributed by atoms with Gasteiger partial charge in [0.15, 0.2) is 5.78 Å². The van der Waals surface area contributed by atoms with Crippen molar-refractivity contribution in [1.82, 2.24) is 25.8 Å². The van der Waals surface area contributed by atoms with Gasteiger partial charge in [-0.3, -0.25) is 24.1 Å². The first-order chi connectivity index (χ1) is 22.0. The Balaban J connectivity index is 1.48. The number of benzene rings is 2. The van der Waals surface area contributed by atoms with Crippen molar-refractivity contribution in [1.29, 1.82) is 0 Å². The summed E-state index contributed by atoms with van der Waals surface area (Å²) in [4.78, 5) is 57.4. The fourth-order valence-electron chi connectivity index (χ4n) is 5.30. The monoisotopic (exact) mass is 637 g/mol. The van der Waals surface area contributed by atoms with Crippen LogP contribution in [0.3, 0.4) is 0 Å². The Kier molecular flexibility index (Phi) is 12.3. The maximum Gasteiger partial charge on any atom is 0.243 e. The molecule has 0 radical (unpaired) electrons. The lowest BCUT2D eigenvalue weighted by Gasteiger charge is -2.27. The molecule has 12 heteroatoms. The molecule has 2 saturated heterocycles. The van der Waals surface area contributed by atoms with Gasteiger partial charge < -0.3 is 35.1 Å². The van der Waals surface area contributed by atoms with Crippen molar-refractivity contribution in [2.45, 2.75) is 57.0 Å². The first-order valence-electron chi connectivity index (χ1n) is 15.7. The largest absolute Gasteiger partial charge is 0.497 e. The molecule has 4 unspecified atom stereocenters. The summed E-state index contributed by atoms with van der Waals surface area (Å²) in [6, 6.07) is 12.3. The zero-order valence-electron chi connectivity index (χ0n) is 27.5. The molecule has 2 aliphatic rings. The number of epoxide rings is 1. The fraction of sp³-hybridized carbons (Fsp3) is 0.529. The van der Waals surface area contributed by atoms with Crippen LogP contribution in [0.2, 0.25) is 0 Å². The van der Waals surface area contributed by atoms with Gasteiger partial charge in [-0.1, -0.05) is 36.4 Å². The Bertz CT molecular complexity index is 1340. The average Bonchev–Trinajstić information content (AvgIpc) is 3.79. The van der Waals surface area contributed by atoms with Gasteiger partial charge in [0.05, 0.1) is 39.5 Å². The van der Waals surface area contributed by atoms with Gasteiger partial charge in [0.25, 0.3) is 0 Å². The van der Waals surface area contributed by atoms with E-state index in [0.29, 0.717) is 32.1 Å². The summed E-state index contributed by atoms with van der Waals surface area (Å²) in [5.74, 6) is -0.883. The van der Waals surface area contributed by atoms with Crippen molar-refractivity contribution < 1.29 is 33.4 Å². The molecule has 250 valence electrons. The molecule has 2 aromatic rings. The topological polar surface area (TPSA) is 142 Å². The number of hydrogen-bond acceptors (Lipinski definition) is 9. The third-order valence-electron chi connectivity index (χ3n) is 8.17. The average molecular weight is 638 g/mol. The second-order valence-corrected chi connectivity index (χ2v) is 12.5. The number of methoxy groups -OCH3 is 1. The summed E-state index contributed by atoms with van der Waals surface area (Å²) in [6.45, 7) is 6.91. The van der Waals surface area contributed by atoms with Crippen molar-refractivity contribution in [3.63, 3.8) is 0 Å². The summed E-state index contributed by atoms with van der Waals surface area (Å²) in [5.41, 5.74) is 1.84. The fourth-order valence-corrected chi connectivity index (χ4v) is 5.30. The second kappa shape index (κ2) is 16.1. The van der Waals surface area contributed by atoms with Gasteiger partial charge in [-0.2, -0.15) is 0 Å². The second-order valence-electron chi connectivity index (χ2n) is 12.5. The van der Waals surface area contributed by atoms with Crippen molar-refractivity contribution in [2.24, 2.45) is 0 Å². The number of rotatable bonds is 16. The molecule has 0 aromatic heterocycles. The van der Waals surface area contributed by atoms with Crippen molar-refractivity contribution >= 4 is 23.5 Å². The Morgan fingerprint density at radius 1 is 0.870 bits per heavy atom. The van der Waals surface area contributed by atoms with E-state index in [4.69, 9.17) is 14.2 Å². The minimum absolute atomic E-state index is 0.150. The van der Waals surface area contributed by atoms with Gasteiger partial charge in [-0.05, 0) is 63.2 Å². The standard InChI is InChI=1S/C34H47N5O7/c1-23(35-30(40)21-39-14-16-45-17-15-39)32(42)37-29(19-25-10-12-27(44-5)13-11-25)33(43)36-28(31(41)34(2)22-46-34)18-24-6-8-26(9-7-24)20-38(3)4/h6-13,23,28-29H,14-22H2,1-5H3,(H,35,40)(H,36,43)(H,37,42). The van der Waals surface area contributed by atoms with E-state index < -0.39 is 35.5 Å². The number of nitrogens with one attached hydrogen (secondary N) is 3. The molecule has 2 aliphatic heterocycles. The molecule has 2 fully saturated rings. The zero-order chi connectivity index (χ0) is 33.3. The molecule has 3 N–H and O–H groups in total. The van der Waals surface area contributed by atoms with Gasteiger partial charge in [0, 0.05) is 26.1 Å². The predicted octanol–water partition coefficient (Wildman–Crippen LogP) is 0.707. The number of carbonyl (C=O) groups excluding carboxylic acids is 4. The summed E-state index contributed by atoms with van der Waals surface area (Å²) < 4.78 is 16.0. The third kappa shape index (κ3) is 10.3. The van der Waals surface area contributed by atoms with E-state index in [1.165, 1.54) is 0 Å². The van der Waals surface area contributed by atoms with Crippen LogP contribution < -0.4 is 20.7 Å².